The SMILES string of the molecule is CNC(=O)c1c(NC(=O)c2cc3ccccc3o2)sc(C)c1C. The number of fused-ring (bicyclic) bond motifs is 1. The summed E-state index contributed by atoms with van der Waals surface area (Å²) >= 11 is 1.38. The van der Waals surface area contributed by atoms with Gasteiger partial charge in [-0.3, -0.25) is 9.59 Å². The van der Waals surface area contributed by atoms with Crippen molar-refractivity contribution in [2.24, 2.45) is 0 Å². The van der Waals surface area contributed by atoms with Gasteiger partial charge in [-0.15, -0.1) is 11.3 Å². The van der Waals surface area contributed by atoms with E-state index >= 15 is 0 Å². The van der Waals surface area contributed by atoms with Gasteiger partial charge in [0.25, 0.3) is 11.8 Å². The van der Waals surface area contributed by atoms with Crippen molar-refractivity contribution < 1.29 is 14.0 Å². The molecule has 2 amide bonds. The number of hydrogen-bond donors (Lipinski definition) is 2. The van der Waals surface area contributed by atoms with Gasteiger partial charge in [0.05, 0.1) is 5.56 Å². The van der Waals surface area contributed by atoms with E-state index in [-0.39, 0.29) is 17.6 Å². The van der Waals surface area contributed by atoms with Gasteiger partial charge in [-0.05, 0) is 31.5 Å². The average molecular weight is 328 g/mol. The van der Waals surface area contributed by atoms with E-state index in [1.807, 2.05) is 38.1 Å². The molecule has 1 aromatic carbocycles. The van der Waals surface area contributed by atoms with Crippen molar-refractivity contribution in [3.8, 4) is 0 Å². The zero-order chi connectivity index (χ0) is 16.6. The van der Waals surface area contributed by atoms with Crippen molar-refractivity contribution in [3.63, 3.8) is 0 Å². The van der Waals surface area contributed by atoms with Gasteiger partial charge in [0.15, 0.2) is 5.76 Å². The quantitative estimate of drug-likeness (QED) is 0.769. The van der Waals surface area contributed by atoms with Crippen LogP contribution in [0.15, 0.2) is 34.7 Å². The molecule has 0 saturated heterocycles. The highest BCUT2D eigenvalue weighted by Crippen LogP contribution is 2.33. The van der Waals surface area contributed by atoms with Crippen LogP contribution in [0.25, 0.3) is 11.0 Å². The van der Waals surface area contributed by atoms with Crippen LogP contribution < -0.4 is 10.6 Å². The summed E-state index contributed by atoms with van der Waals surface area (Å²) in [7, 11) is 1.57. The molecule has 2 N–H and O–H groups in total. The van der Waals surface area contributed by atoms with Crippen molar-refractivity contribution in [1.29, 1.82) is 0 Å². The van der Waals surface area contributed by atoms with Crippen molar-refractivity contribution in [1.82, 2.24) is 5.32 Å². The summed E-state index contributed by atoms with van der Waals surface area (Å²) in [4.78, 5) is 25.5. The van der Waals surface area contributed by atoms with Gasteiger partial charge < -0.3 is 15.1 Å². The number of amides is 2. The average Bonchev–Trinajstić information content (AvgIpc) is 3.09. The highest BCUT2D eigenvalue weighted by molar-refractivity contribution is 7.16. The van der Waals surface area contributed by atoms with Gasteiger partial charge in [-0.1, -0.05) is 18.2 Å². The lowest BCUT2D eigenvalue weighted by atomic mass is 10.1. The first kappa shape index (κ1) is 15.3. The molecule has 118 valence electrons. The molecule has 23 heavy (non-hydrogen) atoms. The zero-order valence-corrected chi connectivity index (χ0v) is 13.8. The fourth-order valence-corrected chi connectivity index (χ4v) is 3.42. The molecule has 0 bridgehead atoms. The Morgan fingerprint density at radius 3 is 2.57 bits per heavy atom. The summed E-state index contributed by atoms with van der Waals surface area (Å²) in [5.74, 6) is -0.364. The Morgan fingerprint density at radius 1 is 1.13 bits per heavy atom. The van der Waals surface area contributed by atoms with Gasteiger partial charge >= 0.3 is 0 Å². The summed E-state index contributed by atoms with van der Waals surface area (Å²) in [6, 6.07) is 9.11. The molecule has 5 nitrogen and oxygen atoms in total. The fourth-order valence-electron chi connectivity index (χ4n) is 2.37. The van der Waals surface area contributed by atoms with Crippen LogP contribution in [0.3, 0.4) is 0 Å². The topological polar surface area (TPSA) is 71.3 Å². The second-order valence-electron chi connectivity index (χ2n) is 5.17. The normalized spacial score (nSPS) is 10.7. The molecule has 0 fully saturated rings. The van der Waals surface area contributed by atoms with Crippen LogP contribution in [-0.2, 0) is 0 Å². The summed E-state index contributed by atoms with van der Waals surface area (Å²) in [5.41, 5.74) is 2.02. The monoisotopic (exact) mass is 328 g/mol. The van der Waals surface area contributed by atoms with E-state index < -0.39 is 0 Å². The van der Waals surface area contributed by atoms with Crippen molar-refractivity contribution in [2.75, 3.05) is 12.4 Å². The van der Waals surface area contributed by atoms with E-state index in [9.17, 15) is 9.59 Å². The minimum atomic E-state index is -0.368. The maximum absolute atomic E-state index is 12.4. The molecule has 0 aliphatic rings. The zero-order valence-electron chi connectivity index (χ0n) is 13.0. The Labute approximate surface area is 137 Å². The Morgan fingerprint density at radius 2 is 1.87 bits per heavy atom. The molecule has 0 atom stereocenters. The van der Waals surface area contributed by atoms with Gasteiger partial charge in [-0.2, -0.15) is 0 Å². The predicted octanol–water partition coefficient (Wildman–Crippen LogP) is 3.72. The lowest BCUT2D eigenvalue weighted by Crippen LogP contribution is -2.21. The number of rotatable bonds is 3. The number of carbonyl (C=O) groups excluding carboxylic acids is 2. The molecule has 0 aliphatic heterocycles. The summed E-state index contributed by atoms with van der Waals surface area (Å²) in [6.07, 6.45) is 0. The van der Waals surface area contributed by atoms with Crippen LogP contribution in [0.5, 0.6) is 0 Å². The number of thiophene rings is 1. The molecule has 3 rings (SSSR count). The first-order valence-corrected chi connectivity index (χ1v) is 7.95. The van der Waals surface area contributed by atoms with Crippen molar-refractivity contribution >= 4 is 39.1 Å². The Kier molecular flexibility index (Phi) is 3.92. The second-order valence-corrected chi connectivity index (χ2v) is 6.39. The number of nitrogens with one attached hydrogen (secondary N) is 2. The molecule has 2 aromatic heterocycles. The van der Waals surface area contributed by atoms with E-state index in [1.165, 1.54) is 11.3 Å². The fraction of sp³-hybridized carbons (Fsp3) is 0.176. The Bertz CT molecular complexity index is 875. The van der Waals surface area contributed by atoms with E-state index in [4.69, 9.17) is 4.42 Å². The molecule has 0 radical (unpaired) electrons. The number of furan rings is 1. The molecule has 0 unspecified atom stereocenters. The van der Waals surface area contributed by atoms with E-state index in [0.29, 0.717) is 16.1 Å². The molecular weight excluding hydrogens is 312 g/mol. The smallest absolute Gasteiger partial charge is 0.292 e. The van der Waals surface area contributed by atoms with Gasteiger partial charge in [-0.25, -0.2) is 0 Å². The van der Waals surface area contributed by atoms with Crippen LogP contribution in [0.4, 0.5) is 5.00 Å². The van der Waals surface area contributed by atoms with Crippen molar-refractivity contribution in [2.45, 2.75) is 13.8 Å². The van der Waals surface area contributed by atoms with E-state index in [1.54, 1.807) is 13.1 Å². The Hall–Kier alpha value is -2.60. The highest BCUT2D eigenvalue weighted by Gasteiger charge is 2.21. The van der Waals surface area contributed by atoms with Crippen LogP contribution >= 0.6 is 11.3 Å². The molecule has 0 saturated carbocycles. The van der Waals surface area contributed by atoms with Crippen LogP contribution in [0, 0.1) is 13.8 Å². The third kappa shape index (κ3) is 2.73. The highest BCUT2D eigenvalue weighted by atomic mass is 32.1. The molecule has 0 aliphatic carbocycles. The predicted molar refractivity (Wildman–Crippen MR) is 91.4 cm³/mol. The summed E-state index contributed by atoms with van der Waals surface area (Å²) in [5, 5.41) is 6.79. The van der Waals surface area contributed by atoms with E-state index in [0.717, 1.165) is 15.8 Å². The van der Waals surface area contributed by atoms with Crippen molar-refractivity contribution in [3.05, 3.63) is 52.1 Å². The standard InChI is InChI=1S/C17H16N2O3S/c1-9-10(2)23-17(14(9)16(21)18-3)19-15(20)13-8-11-6-4-5-7-12(11)22-13/h4-8H,1-3H3,(H,18,21)(H,19,20). The van der Waals surface area contributed by atoms with Gasteiger partial charge in [0.2, 0.25) is 0 Å². The largest absolute Gasteiger partial charge is 0.451 e. The Balaban J connectivity index is 1.94. The maximum Gasteiger partial charge on any atom is 0.292 e. The number of carbonyl (C=O) groups is 2. The van der Waals surface area contributed by atoms with Gasteiger partial charge in [0, 0.05) is 17.3 Å². The van der Waals surface area contributed by atoms with Crippen LogP contribution in [-0.4, -0.2) is 18.9 Å². The summed E-state index contributed by atoms with van der Waals surface area (Å²) in [6.45, 7) is 3.79. The third-order valence-corrected chi connectivity index (χ3v) is 4.84. The van der Waals surface area contributed by atoms with E-state index in [2.05, 4.69) is 10.6 Å². The first-order valence-electron chi connectivity index (χ1n) is 7.13. The molecule has 0 spiro atoms. The number of aryl methyl sites for hydroxylation is 1. The van der Waals surface area contributed by atoms with Crippen LogP contribution in [0.1, 0.15) is 31.4 Å². The third-order valence-electron chi connectivity index (χ3n) is 3.72. The molecular formula is C17H16N2O3S. The molecule has 6 heteroatoms. The number of hydrogen-bond acceptors (Lipinski definition) is 4. The number of para-hydroxylation sites is 1. The number of benzene rings is 1. The lowest BCUT2D eigenvalue weighted by Gasteiger charge is -2.05. The molecule has 3 aromatic rings. The van der Waals surface area contributed by atoms with Crippen LogP contribution in [0.2, 0.25) is 0 Å². The van der Waals surface area contributed by atoms with Gasteiger partial charge in [0.1, 0.15) is 10.6 Å². The number of anilines is 1. The first-order chi connectivity index (χ1) is 11.0. The minimum absolute atomic E-state index is 0.216. The molecule has 2 heterocycles. The maximum atomic E-state index is 12.4. The summed E-state index contributed by atoms with van der Waals surface area (Å²) < 4.78 is 5.56. The lowest BCUT2D eigenvalue weighted by molar-refractivity contribution is 0.0963. The minimum Gasteiger partial charge on any atom is -0.451 e. The second kappa shape index (κ2) is 5.89.